The molecule has 0 bridgehead atoms. The van der Waals surface area contributed by atoms with Crippen LogP contribution in [0.25, 0.3) is 11.0 Å². The third-order valence-corrected chi connectivity index (χ3v) is 3.85. The molecule has 2 aromatic carbocycles. The Kier molecular flexibility index (Phi) is 4.74. The Balaban J connectivity index is 1.55. The van der Waals surface area contributed by atoms with Crippen molar-refractivity contribution in [1.29, 1.82) is 0 Å². The van der Waals surface area contributed by atoms with E-state index in [1.807, 2.05) is 35.9 Å². The summed E-state index contributed by atoms with van der Waals surface area (Å²) in [5.74, 6) is -0.928. The van der Waals surface area contributed by atoms with Crippen LogP contribution in [0.2, 0.25) is 0 Å². The molecule has 0 radical (unpaired) electrons. The number of fused-ring (bicyclic) bond motifs is 1. The van der Waals surface area contributed by atoms with Crippen LogP contribution in [0.1, 0.15) is 16.2 Å². The van der Waals surface area contributed by atoms with Crippen LogP contribution >= 0.6 is 0 Å². The van der Waals surface area contributed by atoms with Gasteiger partial charge in [0.05, 0.1) is 29.7 Å². The zero-order valence-electron chi connectivity index (χ0n) is 13.6. The molecule has 0 aliphatic heterocycles. The minimum atomic E-state index is -0.629. The molecule has 0 fully saturated rings. The first-order valence-corrected chi connectivity index (χ1v) is 7.76. The molecule has 3 aromatic rings. The standard InChI is InChI=1S/C18H17FN4O2/c1-23-15-9-5-4-8-14(15)22-16(23)10-20-17(24)11-21-18(25)12-6-2-3-7-13(12)19/h2-9H,10-11H2,1H3,(H,20,24)(H,21,25). The number of carbonyl (C=O) groups is 2. The number of rotatable bonds is 5. The average molecular weight is 340 g/mol. The molecule has 25 heavy (non-hydrogen) atoms. The summed E-state index contributed by atoms with van der Waals surface area (Å²) in [6.45, 7) is -0.00328. The SMILES string of the molecule is Cn1c(CNC(=O)CNC(=O)c2ccccc2F)nc2ccccc21. The number of halogens is 1. The molecule has 6 nitrogen and oxygen atoms in total. The number of nitrogens with one attached hydrogen (secondary N) is 2. The van der Waals surface area contributed by atoms with E-state index in [0.29, 0.717) is 5.82 Å². The van der Waals surface area contributed by atoms with E-state index in [4.69, 9.17) is 0 Å². The molecule has 0 saturated carbocycles. The van der Waals surface area contributed by atoms with E-state index < -0.39 is 11.7 Å². The van der Waals surface area contributed by atoms with Crippen molar-refractivity contribution in [2.75, 3.05) is 6.54 Å². The lowest BCUT2D eigenvalue weighted by atomic mass is 10.2. The first-order valence-electron chi connectivity index (χ1n) is 7.76. The number of imidazole rings is 1. The quantitative estimate of drug-likeness (QED) is 0.743. The Morgan fingerprint density at radius 2 is 1.80 bits per heavy atom. The van der Waals surface area contributed by atoms with Crippen molar-refractivity contribution in [2.24, 2.45) is 7.05 Å². The molecule has 0 spiro atoms. The van der Waals surface area contributed by atoms with Crippen molar-refractivity contribution in [2.45, 2.75) is 6.54 Å². The molecular weight excluding hydrogens is 323 g/mol. The number of hydrogen-bond donors (Lipinski definition) is 2. The first kappa shape index (κ1) is 16.6. The number of carbonyl (C=O) groups excluding carboxylic acids is 2. The van der Waals surface area contributed by atoms with Gasteiger partial charge in [0.25, 0.3) is 5.91 Å². The zero-order chi connectivity index (χ0) is 17.8. The number of aryl methyl sites for hydroxylation is 1. The second kappa shape index (κ2) is 7.12. The van der Waals surface area contributed by atoms with E-state index in [1.54, 1.807) is 6.07 Å². The van der Waals surface area contributed by atoms with Crippen molar-refractivity contribution in [3.8, 4) is 0 Å². The van der Waals surface area contributed by atoms with Crippen LogP contribution in [-0.4, -0.2) is 27.9 Å². The molecule has 1 aromatic heterocycles. The van der Waals surface area contributed by atoms with Gasteiger partial charge in [-0.05, 0) is 24.3 Å². The van der Waals surface area contributed by atoms with E-state index in [1.165, 1.54) is 18.2 Å². The van der Waals surface area contributed by atoms with Gasteiger partial charge in [0.2, 0.25) is 5.91 Å². The Bertz CT molecular complexity index is 936. The summed E-state index contributed by atoms with van der Waals surface area (Å²) in [7, 11) is 1.87. The largest absolute Gasteiger partial charge is 0.347 e. The topological polar surface area (TPSA) is 76.0 Å². The van der Waals surface area contributed by atoms with Gasteiger partial charge in [0, 0.05) is 7.05 Å². The lowest BCUT2D eigenvalue weighted by Crippen LogP contribution is -2.37. The lowest BCUT2D eigenvalue weighted by Gasteiger charge is -2.07. The van der Waals surface area contributed by atoms with Gasteiger partial charge in [0.15, 0.2) is 0 Å². The maximum absolute atomic E-state index is 13.5. The molecular formula is C18H17FN4O2. The number of para-hydroxylation sites is 2. The number of amides is 2. The van der Waals surface area contributed by atoms with Crippen LogP contribution in [0, 0.1) is 5.82 Å². The number of nitrogens with zero attached hydrogens (tertiary/aromatic N) is 2. The molecule has 128 valence electrons. The van der Waals surface area contributed by atoms with E-state index in [2.05, 4.69) is 15.6 Å². The summed E-state index contributed by atoms with van der Waals surface area (Å²) in [6.07, 6.45) is 0. The van der Waals surface area contributed by atoms with Gasteiger partial charge in [-0.3, -0.25) is 9.59 Å². The van der Waals surface area contributed by atoms with Crippen LogP contribution in [0.15, 0.2) is 48.5 Å². The van der Waals surface area contributed by atoms with Crippen LogP contribution in [-0.2, 0) is 18.4 Å². The number of benzene rings is 2. The highest BCUT2D eigenvalue weighted by atomic mass is 19.1. The van der Waals surface area contributed by atoms with E-state index >= 15 is 0 Å². The molecule has 0 saturated heterocycles. The van der Waals surface area contributed by atoms with Gasteiger partial charge < -0.3 is 15.2 Å². The van der Waals surface area contributed by atoms with Gasteiger partial charge in [-0.15, -0.1) is 0 Å². The highest BCUT2D eigenvalue weighted by molar-refractivity contribution is 5.96. The highest BCUT2D eigenvalue weighted by Crippen LogP contribution is 2.13. The van der Waals surface area contributed by atoms with Gasteiger partial charge in [-0.1, -0.05) is 24.3 Å². The van der Waals surface area contributed by atoms with Gasteiger partial charge in [-0.25, -0.2) is 9.37 Å². The maximum Gasteiger partial charge on any atom is 0.254 e. The minimum Gasteiger partial charge on any atom is -0.347 e. The van der Waals surface area contributed by atoms with Crippen molar-refractivity contribution >= 4 is 22.8 Å². The monoisotopic (exact) mass is 340 g/mol. The van der Waals surface area contributed by atoms with Crippen molar-refractivity contribution in [3.63, 3.8) is 0 Å². The second-order valence-corrected chi connectivity index (χ2v) is 5.52. The van der Waals surface area contributed by atoms with Crippen LogP contribution in [0.4, 0.5) is 4.39 Å². The highest BCUT2D eigenvalue weighted by Gasteiger charge is 2.13. The minimum absolute atomic E-state index is 0.0920. The number of aromatic nitrogens is 2. The van der Waals surface area contributed by atoms with Crippen LogP contribution < -0.4 is 10.6 Å². The molecule has 0 unspecified atom stereocenters. The molecule has 3 rings (SSSR count). The Morgan fingerprint density at radius 1 is 1.08 bits per heavy atom. The van der Waals surface area contributed by atoms with Crippen molar-refractivity contribution < 1.29 is 14.0 Å². The summed E-state index contributed by atoms with van der Waals surface area (Å²) in [5.41, 5.74) is 1.73. The summed E-state index contributed by atoms with van der Waals surface area (Å²) in [6, 6.07) is 13.3. The smallest absolute Gasteiger partial charge is 0.254 e. The third kappa shape index (κ3) is 3.65. The van der Waals surface area contributed by atoms with E-state index in [-0.39, 0.29) is 24.6 Å². The third-order valence-electron chi connectivity index (χ3n) is 3.85. The van der Waals surface area contributed by atoms with Gasteiger partial charge in [-0.2, -0.15) is 0 Å². The first-order chi connectivity index (χ1) is 12.1. The average Bonchev–Trinajstić information content (AvgIpc) is 2.94. The molecule has 0 aliphatic rings. The summed E-state index contributed by atoms with van der Waals surface area (Å²) >= 11 is 0. The lowest BCUT2D eigenvalue weighted by molar-refractivity contribution is -0.120. The molecule has 0 atom stereocenters. The van der Waals surface area contributed by atoms with Crippen molar-refractivity contribution in [3.05, 3.63) is 65.7 Å². The summed E-state index contributed by atoms with van der Waals surface area (Å²) < 4.78 is 15.4. The molecule has 1 heterocycles. The number of hydrogen-bond acceptors (Lipinski definition) is 3. The van der Waals surface area contributed by atoms with Crippen molar-refractivity contribution in [1.82, 2.24) is 20.2 Å². The van der Waals surface area contributed by atoms with E-state index in [0.717, 1.165) is 11.0 Å². The Labute approximate surface area is 143 Å². The zero-order valence-corrected chi connectivity index (χ0v) is 13.6. The second-order valence-electron chi connectivity index (χ2n) is 5.52. The predicted molar refractivity (Wildman–Crippen MR) is 91.3 cm³/mol. The molecule has 2 N–H and O–H groups in total. The Morgan fingerprint density at radius 3 is 2.56 bits per heavy atom. The fourth-order valence-corrected chi connectivity index (χ4v) is 2.49. The molecule has 0 aliphatic carbocycles. The van der Waals surface area contributed by atoms with Crippen LogP contribution in [0.5, 0.6) is 0 Å². The fraction of sp³-hybridized carbons (Fsp3) is 0.167. The van der Waals surface area contributed by atoms with E-state index in [9.17, 15) is 14.0 Å². The molecule has 2 amide bonds. The summed E-state index contributed by atoms with van der Waals surface area (Å²) in [4.78, 5) is 28.2. The normalized spacial score (nSPS) is 10.6. The fourth-order valence-electron chi connectivity index (χ4n) is 2.49. The maximum atomic E-state index is 13.5. The van der Waals surface area contributed by atoms with Gasteiger partial charge >= 0.3 is 0 Å². The molecule has 7 heteroatoms. The van der Waals surface area contributed by atoms with Crippen LogP contribution in [0.3, 0.4) is 0 Å². The predicted octanol–water partition coefficient (Wildman–Crippen LogP) is 1.76. The Hall–Kier alpha value is -3.22. The van der Waals surface area contributed by atoms with Gasteiger partial charge in [0.1, 0.15) is 11.6 Å². The summed E-state index contributed by atoms with van der Waals surface area (Å²) in [5, 5.41) is 5.09.